The summed E-state index contributed by atoms with van der Waals surface area (Å²) in [4.78, 5) is 16.9. The van der Waals surface area contributed by atoms with Crippen LogP contribution in [0.15, 0.2) is 0 Å². The first-order valence-electron chi connectivity index (χ1n) is 8.05. The first-order valence-corrected chi connectivity index (χ1v) is 8.05. The molecule has 2 aliphatic heterocycles. The van der Waals surface area contributed by atoms with Crippen molar-refractivity contribution < 1.29 is 4.79 Å². The third-order valence-corrected chi connectivity index (χ3v) is 5.14. The molecule has 1 saturated carbocycles. The zero-order valence-electron chi connectivity index (χ0n) is 11.9. The average Bonchev–Trinajstić information content (AvgIpc) is 2.44. The van der Waals surface area contributed by atoms with Crippen molar-refractivity contribution in [3.8, 4) is 0 Å². The number of hydrogen-bond acceptors (Lipinski definition) is 3. The summed E-state index contributed by atoms with van der Waals surface area (Å²) in [6.07, 6.45) is 7.32. The number of carbonyl (C=O) groups excluding carboxylic acids is 1. The van der Waals surface area contributed by atoms with E-state index in [1.165, 1.54) is 38.6 Å². The van der Waals surface area contributed by atoms with Gasteiger partial charge in [0.2, 0.25) is 5.91 Å². The number of amides is 1. The average molecular weight is 265 g/mol. The van der Waals surface area contributed by atoms with Gasteiger partial charge in [0.25, 0.3) is 0 Å². The number of hydrogen-bond donors (Lipinski definition) is 1. The topological polar surface area (TPSA) is 35.6 Å². The lowest BCUT2D eigenvalue weighted by atomic mass is 9.82. The van der Waals surface area contributed by atoms with Gasteiger partial charge in [-0.1, -0.05) is 6.42 Å². The zero-order valence-corrected chi connectivity index (χ0v) is 11.9. The van der Waals surface area contributed by atoms with Gasteiger partial charge in [0, 0.05) is 45.2 Å². The van der Waals surface area contributed by atoms with Crippen LogP contribution in [-0.2, 0) is 4.79 Å². The van der Waals surface area contributed by atoms with Gasteiger partial charge in [-0.2, -0.15) is 0 Å². The molecule has 0 radical (unpaired) electrons. The first-order chi connectivity index (χ1) is 9.33. The van der Waals surface area contributed by atoms with E-state index in [-0.39, 0.29) is 0 Å². The predicted octanol–water partition coefficient (Wildman–Crippen LogP) is 1.07. The highest BCUT2D eigenvalue weighted by Crippen LogP contribution is 2.30. The van der Waals surface area contributed by atoms with E-state index < -0.39 is 0 Å². The maximum Gasteiger partial charge on any atom is 0.222 e. The van der Waals surface area contributed by atoms with E-state index in [1.54, 1.807) is 0 Å². The van der Waals surface area contributed by atoms with Gasteiger partial charge in [0.1, 0.15) is 0 Å². The van der Waals surface area contributed by atoms with Gasteiger partial charge >= 0.3 is 0 Å². The smallest absolute Gasteiger partial charge is 0.222 e. The van der Waals surface area contributed by atoms with E-state index in [4.69, 9.17) is 0 Å². The molecule has 0 bridgehead atoms. The molecule has 0 spiro atoms. The molecule has 0 aromatic heterocycles. The lowest BCUT2D eigenvalue weighted by Crippen LogP contribution is -2.55. The molecule has 3 aliphatic rings. The van der Waals surface area contributed by atoms with Gasteiger partial charge < -0.3 is 10.2 Å². The number of piperidine rings is 1. The zero-order chi connectivity index (χ0) is 13.1. The molecule has 1 N–H and O–H groups in total. The van der Waals surface area contributed by atoms with Crippen LogP contribution in [0.2, 0.25) is 0 Å². The first kappa shape index (κ1) is 13.4. The van der Waals surface area contributed by atoms with Crippen LogP contribution < -0.4 is 5.32 Å². The Labute approximate surface area is 116 Å². The molecule has 3 fully saturated rings. The lowest BCUT2D eigenvalue weighted by molar-refractivity contribution is -0.135. The molecule has 108 valence electrons. The summed E-state index contributed by atoms with van der Waals surface area (Å²) in [6, 6.07) is 0.706. The highest BCUT2D eigenvalue weighted by molar-refractivity contribution is 5.76. The van der Waals surface area contributed by atoms with Crippen molar-refractivity contribution in [1.29, 1.82) is 0 Å². The normalized spacial score (nSPS) is 30.1. The van der Waals surface area contributed by atoms with Crippen molar-refractivity contribution in [2.24, 2.45) is 5.92 Å². The van der Waals surface area contributed by atoms with E-state index in [1.807, 2.05) is 0 Å². The summed E-state index contributed by atoms with van der Waals surface area (Å²) in [5, 5.41) is 3.49. The quantitative estimate of drug-likeness (QED) is 0.829. The third kappa shape index (κ3) is 3.29. The van der Waals surface area contributed by atoms with Crippen molar-refractivity contribution >= 4 is 5.91 Å². The highest BCUT2D eigenvalue weighted by Gasteiger charge is 2.29. The molecule has 1 unspecified atom stereocenters. The molecule has 4 nitrogen and oxygen atoms in total. The van der Waals surface area contributed by atoms with Crippen LogP contribution in [0.3, 0.4) is 0 Å². The van der Waals surface area contributed by atoms with Gasteiger partial charge in [-0.25, -0.2) is 0 Å². The van der Waals surface area contributed by atoms with Crippen molar-refractivity contribution in [2.45, 2.75) is 44.6 Å². The van der Waals surface area contributed by atoms with E-state index in [0.717, 1.165) is 39.1 Å². The summed E-state index contributed by atoms with van der Waals surface area (Å²) in [5.74, 6) is 1.11. The number of rotatable bonds is 3. The van der Waals surface area contributed by atoms with E-state index >= 15 is 0 Å². The Balaban J connectivity index is 1.41. The summed E-state index contributed by atoms with van der Waals surface area (Å²) in [7, 11) is 0. The van der Waals surface area contributed by atoms with Gasteiger partial charge in [0.15, 0.2) is 0 Å². The Kier molecular flexibility index (Phi) is 4.38. The largest absolute Gasteiger partial charge is 0.340 e. The van der Waals surface area contributed by atoms with Crippen molar-refractivity contribution in [3.63, 3.8) is 0 Å². The molecule has 2 heterocycles. The molecule has 19 heavy (non-hydrogen) atoms. The Morgan fingerprint density at radius 1 is 1.05 bits per heavy atom. The van der Waals surface area contributed by atoms with Crippen LogP contribution >= 0.6 is 0 Å². The molecular formula is C15H27N3O. The fraction of sp³-hybridized carbons (Fsp3) is 0.933. The van der Waals surface area contributed by atoms with Gasteiger partial charge in [0.05, 0.1) is 0 Å². The van der Waals surface area contributed by atoms with Crippen molar-refractivity contribution in [2.75, 3.05) is 39.3 Å². The van der Waals surface area contributed by atoms with E-state index in [0.29, 0.717) is 17.9 Å². The number of carbonyl (C=O) groups is 1. The number of piperazine rings is 1. The Bertz CT molecular complexity index is 303. The molecule has 4 heteroatoms. The second kappa shape index (κ2) is 6.23. The molecule has 2 saturated heterocycles. The fourth-order valence-corrected chi connectivity index (χ4v) is 3.55. The minimum atomic E-state index is 0.408. The second-order valence-electron chi connectivity index (χ2n) is 6.42. The van der Waals surface area contributed by atoms with Crippen LogP contribution in [-0.4, -0.2) is 61.0 Å². The van der Waals surface area contributed by atoms with Gasteiger partial charge in [-0.3, -0.25) is 9.69 Å². The fourth-order valence-electron chi connectivity index (χ4n) is 3.55. The summed E-state index contributed by atoms with van der Waals surface area (Å²) >= 11 is 0. The maximum atomic E-state index is 12.2. The number of nitrogens with one attached hydrogen (secondary N) is 1. The second-order valence-corrected chi connectivity index (χ2v) is 6.42. The Morgan fingerprint density at radius 2 is 1.84 bits per heavy atom. The molecular weight excluding hydrogens is 238 g/mol. The molecule has 3 rings (SSSR count). The van der Waals surface area contributed by atoms with Gasteiger partial charge in [-0.15, -0.1) is 0 Å². The molecule has 0 aromatic rings. The summed E-state index contributed by atoms with van der Waals surface area (Å²) < 4.78 is 0. The minimum Gasteiger partial charge on any atom is -0.340 e. The third-order valence-electron chi connectivity index (χ3n) is 5.14. The minimum absolute atomic E-state index is 0.408. The summed E-state index contributed by atoms with van der Waals surface area (Å²) in [6.45, 7) is 6.35. The SMILES string of the molecule is O=C(CC1CCC1)N1CCN(C2CCCNC2)CC1. The van der Waals surface area contributed by atoms with Crippen molar-refractivity contribution in [3.05, 3.63) is 0 Å². The van der Waals surface area contributed by atoms with E-state index in [9.17, 15) is 4.79 Å². The molecule has 0 aromatic carbocycles. The van der Waals surface area contributed by atoms with Crippen LogP contribution in [0.25, 0.3) is 0 Å². The molecule has 1 amide bonds. The van der Waals surface area contributed by atoms with Crippen molar-refractivity contribution in [1.82, 2.24) is 15.1 Å². The van der Waals surface area contributed by atoms with Crippen LogP contribution in [0.4, 0.5) is 0 Å². The van der Waals surface area contributed by atoms with Crippen LogP contribution in [0.1, 0.15) is 38.5 Å². The standard InChI is InChI=1S/C15H27N3O/c19-15(11-13-3-1-4-13)18-9-7-17(8-10-18)14-5-2-6-16-12-14/h13-14,16H,1-12H2. The van der Waals surface area contributed by atoms with Gasteiger partial charge in [-0.05, 0) is 38.1 Å². The predicted molar refractivity (Wildman–Crippen MR) is 76.0 cm³/mol. The lowest BCUT2D eigenvalue weighted by Gasteiger charge is -2.41. The Morgan fingerprint density at radius 3 is 2.42 bits per heavy atom. The monoisotopic (exact) mass is 265 g/mol. The van der Waals surface area contributed by atoms with Crippen LogP contribution in [0.5, 0.6) is 0 Å². The Hall–Kier alpha value is -0.610. The summed E-state index contributed by atoms with van der Waals surface area (Å²) in [5.41, 5.74) is 0. The number of nitrogens with zero attached hydrogens (tertiary/aromatic N) is 2. The van der Waals surface area contributed by atoms with Crippen LogP contribution in [0, 0.1) is 5.92 Å². The molecule has 1 atom stereocenters. The highest BCUT2D eigenvalue weighted by atomic mass is 16.2. The molecule has 1 aliphatic carbocycles. The van der Waals surface area contributed by atoms with E-state index in [2.05, 4.69) is 15.1 Å². The maximum absolute atomic E-state index is 12.2.